The minimum atomic E-state index is -3.44. The fourth-order valence-corrected chi connectivity index (χ4v) is 3.82. The second-order valence-electron chi connectivity index (χ2n) is 4.11. The second-order valence-corrected chi connectivity index (χ2v) is 7.08. The van der Waals surface area contributed by atoms with Crippen LogP contribution in [0.4, 0.5) is 5.13 Å². The van der Waals surface area contributed by atoms with E-state index in [1.54, 1.807) is 30.6 Å². The van der Waals surface area contributed by atoms with Crippen molar-refractivity contribution in [2.45, 2.75) is 18.2 Å². The summed E-state index contributed by atoms with van der Waals surface area (Å²) < 4.78 is 24.3. The predicted octanol–water partition coefficient (Wildman–Crippen LogP) is 2.58. The molecule has 0 saturated heterocycles. The predicted molar refractivity (Wildman–Crippen MR) is 78.9 cm³/mol. The van der Waals surface area contributed by atoms with E-state index in [2.05, 4.69) is 10.3 Å². The third-order valence-corrected chi connectivity index (χ3v) is 5.25. The highest BCUT2D eigenvalue weighted by Crippen LogP contribution is 2.20. The van der Waals surface area contributed by atoms with Crippen molar-refractivity contribution < 1.29 is 13.2 Å². The number of thiazole rings is 1. The number of amides is 1. The largest absolute Gasteiger partial charge is 0.298 e. The third kappa shape index (κ3) is 3.23. The molecule has 0 spiro atoms. The van der Waals surface area contributed by atoms with Gasteiger partial charge in [0.2, 0.25) is 0 Å². The molecule has 5 nitrogen and oxygen atoms in total. The van der Waals surface area contributed by atoms with Crippen LogP contribution in [0.25, 0.3) is 0 Å². The molecule has 2 rings (SSSR count). The average Bonchev–Trinajstić information content (AvgIpc) is 2.91. The highest BCUT2D eigenvalue weighted by molar-refractivity contribution is 7.91. The van der Waals surface area contributed by atoms with E-state index in [0.29, 0.717) is 11.6 Å². The smallest absolute Gasteiger partial charge is 0.258 e. The van der Waals surface area contributed by atoms with Crippen molar-refractivity contribution >= 4 is 32.2 Å². The molecule has 0 aliphatic rings. The summed E-state index contributed by atoms with van der Waals surface area (Å²) in [4.78, 5) is 16.2. The maximum Gasteiger partial charge on any atom is 0.258 e. The van der Waals surface area contributed by atoms with Crippen molar-refractivity contribution in [3.63, 3.8) is 0 Å². The van der Waals surface area contributed by atoms with Crippen LogP contribution in [0, 0.1) is 0 Å². The van der Waals surface area contributed by atoms with Crippen LogP contribution in [0.5, 0.6) is 0 Å². The number of hydrogen-bond acceptors (Lipinski definition) is 5. The highest BCUT2D eigenvalue weighted by Gasteiger charge is 2.21. The van der Waals surface area contributed by atoms with Crippen molar-refractivity contribution in [3.05, 3.63) is 41.4 Å². The van der Waals surface area contributed by atoms with E-state index in [-0.39, 0.29) is 16.2 Å². The normalized spacial score (nSPS) is 11.2. The van der Waals surface area contributed by atoms with Crippen LogP contribution in [0.1, 0.15) is 23.7 Å². The molecule has 2 aromatic rings. The van der Waals surface area contributed by atoms with E-state index < -0.39 is 15.7 Å². The number of nitrogens with zero attached hydrogens (tertiary/aromatic N) is 1. The van der Waals surface area contributed by atoms with E-state index in [0.717, 1.165) is 0 Å². The number of carbonyl (C=O) groups excluding carboxylic acids is 1. The van der Waals surface area contributed by atoms with Gasteiger partial charge < -0.3 is 0 Å². The second kappa shape index (κ2) is 6.15. The van der Waals surface area contributed by atoms with E-state index in [9.17, 15) is 13.2 Å². The standard InChI is InChI=1S/C13H14N2O3S2/c1-2-9-20(17,18)11-6-4-3-5-10(11)12(16)15-13-14-7-8-19-13/h3-8H,2,9H2,1H3,(H,14,15,16). The fraction of sp³-hybridized carbons (Fsp3) is 0.231. The number of carbonyl (C=O) groups is 1. The molecule has 0 unspecified atom stereocenters. The van der Waals surface area contributed by atoms with Crippen molar-refractivity contribution in [1.82, 2.24) is 4.98 Å². The average molecular weight is 310 g/mol. The minimum absolute atomic E-state index is 0.0224. The molecule has 20 heavy (non-hydrogen) atoms. The number of sulfone groups is 1. The first-order valence-electron chi connectivity index (χ1n) is 6.07. The van der Waals surface area contributed by atoms with Crippen molar-refractivity contribution in [2.75, 3.05) is 11.1 Å². The lowest BCUT2D eigenvalue weighted by molar-refractivity contribution is 0.102. The van der Waals surface area contributed by atoms with E-state index >= 15 is 0 Å². The first kappa shape index (κ1) is 14.7. The Balaban J connectivity index is 2.35. The molecule has 106 valence electrons. The molecule has 1 N–H and O–H groups in total. The SMILES string of the molecule is CCCS(=O)(=O)c1ccccc1C(=O)Nc1nccs1. The number of nitrogens with one attached hydrogen (secondary N) is 1. The van der Waals surface area contributed by atoms with Gasteiger partial charge >= 0.3 is 0 Å². The summed E-state index contributed by atoms with van der Waals surface area (Å²) in [7, 11) is -3.44. The van der Waals surface area contributed by atoms with Crippen LogP contribution in [0.15, 0.2) is 40.7 Å². The van der Waals surface area contributed by atoms with Crippen LogP contribution in [0.3, 0.4) is 0 Å². The van der Waals surface area contributed by atoms with Crippen LogP contribution in [-0.2, 0) is 9.84 Å². The summed E-state index contributed by atoms with van der Waals surface area (Å²) in [6.07, 6.45) is 2.07. The van der Waals surface area contributed by atoms with E-state index in [4.69, 9.17) is 0 Å². The molecular formula is C13H14N2O3S2. The van der Waals surface area contributed by atoms with Gasteiger partial charge in [-0.3, -0.25) is 10.1 Å². The number of hydrogen-bond donors (Lipinski definition) is 1. The van der Waals surface area contributed by atoms with Crippen LogP contribution < -0.4 is 5.32 Å². The van der Waals surface area contributed by atoms with Crippen molar-refractivity contribution in [3.8, 4) is 0 Å². The van der Waals surface area contributed by atoms with E-state index in [1.807, 2.05) is 0 Å². The topological polar surface area (TPSA) is 76.1 Å². The lowest BCUT2D eigenvalue weighted by Gasteiger charge is -2.09. The monoisotopic (exact) mass is 310 g/mol. The third-order valence-electron chi connectivity index (χ3n) is 2.59. The van der Waals surface area contributed by atoms with E-state index in [1.165, 1.54) is 23.5 Å². The van der Waals surface area contributed by atoms with Gasteiger partial charge in [0.15, 0.2) is 15.0 Å². The highest BCUT2D eigenvalue weighted by atomic mass is 32.2. The summed E-state index contributed by atoms with van der Waals surface area (Å²) >= 11 is 1.28. The Morgan fingerprint density at radius 1 is 1.35 bits per heavy atom. The van der Waals surface area contributed by atoms with Gasteiger partial charge in [-0.1, -0.05) is 19.1 Å². The summed E-state index contributed by atoms with van der Waals surface area (Å²) in [5.74, 6) is -0.440. The molecule has 1 amide bonds. The number of rotatable bonds is 5. The zero-order valence-electron chi connectivity index (χ0n) is 10.9. The van der Waals surface area contributed by atoms with Crippen LogP contribution in [0.2, 0.25) is 0 Å². The molecule has 0 saturated carbocycles. The van der Waals surface area contributed by atoms with Gasteiger partial charge in [-0.05, 0) is 18.6 Å². The summed E-state index contributed by atoms with van der Waals surface area (Å²) in [6, 6.07) is 6.22. The quantitative estimate of drug-likeness (QED) is 0.921. The Hall–Kier alpha value is -1.73. The first-order chi connectivity index (χ1) is 9.54. The van der Waals surface area contributed by atoms with Gasteiger partial charge in [0.1, 0.15) is 0 Å². The van der Waals surface area contributed by atoms with Gasteiger partial charge in [0.05, 0.1) is 16.2 Å². The molecule has 1 heterocycles. The number of benzene rings is 1. The van der Waals surface area contributed by atoms with Crippen molar-refractivity contribution in [1.29, 1.82) is 0 Å². The maximum atomic E-state index is 12.2. The molecule has 0 atom stereocenters. The summed E-state index contributed by atoms with van der Waals surface area (Å²) in [5, 5.41) is 4.77. The van der Waals surface area contributed by atoms with Crippen molar-refractivity contribution in [2.24, 2.45) is 0 Å². The zero-order chi connectivity index (χ0) is 14.6. The molecule has 0 fully saturated rings. The molecular weight excluding hydrogens is 296 g/mol. The Kier molecular flexibility index (Phi) is 4.51. The Morgan fingerprint density at radius 2 is 2.10 bits per heavy atom. The Morgan fingerprint density at radius 3 is 2.75 bits per heavy atom. The number of aromatic nitrogens is 1. The molecule has 0 radical (unpaired) electrons. The van der Waals surface area contributed by atoms with Crippen LogP contribution in [-0.4, -0.2) is 25.1 Å². The summed E-state index contributed by atoms with van der Waals surface area (Å²) in [5.41, 5.74) is 0.149. The maximum absolute atomic E-state index is 12.2. The molecule has 0 aliphatic carbocycles. The first-order valence-corrected chi connectivity index (χ1v) is 8.60. The number of anilines is 1. The van der Waals surface area contributed by atoms with Gasteiger partial charge in [0.25, 0.3) is 5.91 Å². The molecule has 0 aliphatic heterocycles. The molecule has 1 aromatic heterocycles. The van der Waals surface area contributed by atoms with Gasteiger partial charge in [-0.15, -0.1) is 11.3 Å². The lowest BCUT2D eigenvalue weighted by Crippen LogP contribution is -2.17. The van der Waals surface area contributed by atoms with Gasteiger partial charge in [0, 0.05) is 11.6 Å². The van der Waals surface area contributed by atoms with Gasteiger partial charge in [-0.25, -0.2) is 13.4 Å². The molecule has 1 aromatic carbocycles. The molecule has 7 heteroatoms. The Labute approximate surface area is 121 Å². The zero-order valence-corrected chi connectivity index (χ0v) is 12.5. The lowest BCUT2D eigenvalue weighted by atomic mass is 10.2. The minimum Gasteiger partial charge on any atom is -0.298 e. The fourth-order valence-electron chi connectivity index (χ4n) is 1.75. The van der Waals surface area contributed by atoms with Crippen LogP contribution >= 0.6 is 11.3 Å². The Bertz CT molecular complexity index is 694. The van der Waals surface area contributed by atoms with Gasteiger partial charge in [-0.2, -0.15) is 0 Å². The molecule has 0 bridgehead atoms. The summed E-state index contributed by atoms with van der Waals surface area (Å²) in [6.45, 7) is 1.79.